The van der Waals surface area contributed by atoms with Crippen molar-refractivity contribution in [3.05, 3.63) is 0 Å². The fraction of sp³-hybridized carbons (Fsp3) is 0.867. The third kappa shape index (κ3) is 12.2. The van der Waals surface area contributed by atoms with Crippen molar-refractivity contribution >= 4 is 12.1 Å². The number of carboxylic acids is 1. The van der Waals surface area contributed by atoms with Crippen LogP contribution in [-0.2, 0) is 9.53 Å². The van der Waals surface area contributed by atoms with E-state index in [1.165, 1.54) is 0 Å². The third-order valence-electron chi connectivity index (χ3n) is 2.49. The summed E-state index contributed by atoms with van der Waals surface area (Å²) in [5, 5.41) is 14.9. The van der Waals surface area contributed by atoms with Gasteiger partial charge in [0.1, 0.15) is 11.6 Å². The van der Waals surface area contributed by atoms with Crippen molar-refractivity contribution in [1.29, 1.82) is 0 Å². The maximum absolute atomic E-state index is 11.4. The van der Waals surface area contributed by atoms with Gasteiger partial charge in [0.25, 0.3) is 0 Å². The highest BCUT2D eigenvalue weighted by Gasteiger charge is 2.22. The summed E-state index contributed by atoms with van der Waals surface area (Å²) in [4.78, 5) is 22.6. The van der Waals surface area contributed by atoms with Gasteiger partial charge in [-0.25, -0.2) is 4.79 Å². The van der Waals surface area contributed by atoms with Gasteiger partial charge in [0.05, 0.1) is 0 Å². The number of ether oxygens (including phenoxy) is 1. The number of rotatable bonds is 7. The molecule has 1 atom stereocenters. The molecule has 0 rings (SSSR count). The normalized spacial score (nSPS) is 13.6. The molecule has 0 aromatic rings. The molecular weight excluding hydrogens is 272 g/mol. The van der Waals surface area contributed by atoms with Crippen LogP contribution in [0.3, 0.4) is 0 Å². The standard InChI is InChI=1S/C15H30N2O4/c1-14(2,3)17-11(12(18)19)9-7-8-10-16-13(20)21-15(4,5)6/h11,17H,7-10H2,1-6H3,(H,16,20)(H,18,19)/t11-/m0/s1. The van der Waals surface area contributed by atoms with E-state index in [1.807, 2.05) is 41.5 Å². The zero-order valence-electron chi connectivity index (χ0n) is 14.1. The van der Waals surface area contributed by atoms with Crippen LogP contribution in [0.2, 0.25) is 0 Å². The summed E-state index contributed by atoms with van der Waals surface area (Å²) in [6.45, 7) is 11.7. The molecule has 124 valence electrons. The smallest absolute Gasteiger partial charge is 0.407 e. The number of hydrogen-bond donors (Lipinski definition) is 3. The van der Waals surface area contributed by atoms with Crippen LogP contribution in [0.15, 0.2) is 0 Å². The largest absolute Gasteiger partial charge is 0.480 e. The lowest BCUT2D eigenvalue weighted by atomic mass is 10.0. The Labute approximate surface area is 127 Å². The number of aliphatic carboxylic acids is 1. The average Bonchev–Trinajstić information content (AvgIpc) is 2.22. The zero-order chi connectivity index (χ0) is 16.7. The summed E-state index contributed by atoms with van der Waals surface area (Å²) in [6, 6.07) is -0.563. The van der Waals surface area contributed by atoms with Crippen LogP contribution in [0.5, 0.6) is 0 Å². The number of hydrogen-bond acceptors (Lipinski definition) is 4. The van der Waals surface area contributed by atoms with Crippen LogP contribution in [-0.4, -0.2) is 40.9 Å². The van der Waals surface area contributed by atoms with Gasteiger partial charge in [0, 0.05) is 12.1 Å². The Hall–Kier alpha value is -1.30. The number of carboxylic acid groups (broad SMARTS) is 1. The van der Waals surface area contributed by atoms with Gasteiger partial charge in [0.15, 0.2) is 0 Å². The SMILES string of the molecule is CC(C)(C)N[C@@H](CCCCNC(=O)OC(C)(C)C)C(=O)O. The summed E-state index contributed by atoms with van der Waals surface area (Å²) in [6.07, 6.45) is 1.53. The maximum atomic E-state index is 11.4. The lowest BCUT2D eigenvalue weighted by Gasteiger charge is -2.26. The zero-order valence-corrected chi connectivity index (χ0v) is 14.1. The van der Waals surface area contributed by atoms with Crippen LogP contribution in [0, 0.1) is 0 Å². The number of alkyl carbamates (subject to hydrolysis) is 1. The minimum absolute atomic E-state index is 0.238. The Morgan fingerprint density at radius 1 is 1.10 bits per heavy atom. The minimum atomic E-state index is -0.843. The molecule has 0 fully saturated rings. The van der Waals surface area contributed by atoms with Crippen molar-refractivity contribution in [2.75, 3.05) is 6.54 Å². The van der Waals surface area contributed by atoms with Gasteiger partial charge in [-0.05, 0) is 60.8 Å². The van der Waals surface area contributed by atoms with E-state index in [2.05, 4.69) is 10.6 Å². The van der Waals surface area contributed by atoms with Gasteiger partial charge < -0.3 is 15.2 Å². The number of carbonyl (C=O) groups excluding carboxylic acids is 1. The first-order valence-electron chi connectivity index (χ1n) is 7.38. The van der Waals surface area contributed by atoms with Gasteiger partial charge in [-0.3, -0.25) is 10.1 Å². The summed E-state index contributed by atoms with van der Waals surface area (Å²) in [5.74, 6) is -0.843. The highest BCUT2D eigenvalue weighted by atomic mass is 16.6. The van der Waals surface area contributed by atoms with Crippen molar-refractivity contribution < 1.29 is 19.4 Å². The van der Waals surface area contributed by atoms with Crippen LogP contribution < -0.4 is 10.6 Å². The van der Waals surface area contributed by atoms with Crippen molar-refractivity contribution in [3.63, 3.8) is 0 Å². The third-order valence-corrected chi connectivity index (χ3v) is 2.49. The summed E-state index contributed by atoms with van der Waals surface area (Å²) in [5.41, 5.74) is -0.743. The molecule has 0 saturated heterocycles. The van der Waals surface area contributed by atoms with Crippen LogP contribution in [0.25, 0.3) is 0 Å². The second kappa shape index (κ2) is 8.22. The molecule has 0 spiro atoms. The average molecular weight is 302 g/mol. The predicted molar refractivity (Wildman–Crippen MR) is 82.4 cm³/mol. The first-order chi connectivity index (χ1) is 9.41. The first-order valence-corrected chi connectivity index (χ1v) is 7.38. The highest BCUT2D eigenvalue weighted by molar-refractivity contribution is 5.73. The van der Waals surface area contributed by atoms with Crippen molar-refractivity contribution in [3.8, 4) is 0 Å². The maximum Gasteiger partial charge on any atom is 0.407 e. The molecule has 0 aliphatic rings. The Morgan fingerprint density at radius 3 is 2.10 bits per heavy atom. The molecule has 0 aromatic carbocycles. The van der Waals surface area contributed by atoms with E-state index in [9.17, 15) is 9.59 Å². The van der Waals surface area contributed by atoms with E-state index in [4.69, 9.17) is 9.84 Å². The molecule has 3 N–H and O–H groups in total. The molecule has 0 aliphatic carbocycles. The second-order valence-corrected chi connectivity index (χ2v) is 7.21. The van der Waals surface area contributed by atoms with E-state index in [1.54, 1.807) is 0 Å². The molecule has 6 nitrogen and oxygen atoms in total. The predicted octanol–water partition coefficient (Wildman–Crippen LogP) is 2.52. The fourth-order valence-corrected chi connectivity index (χ4v) is 1.76. The van der Waals surface area contributed by atoms with Crippen molar-refractivity contribution in [2.24, 2.45) is 0 Å². The molecule has 0 aliphatic heterocycles. The quantitative estimate of drug-likeness (QED) is 0.629. The van der Waals surface area contributed by atoms with Crippen LogP contribution in [0.1, 0.15) is 60.8 Å². The monoisotopic (exact) mass is 302 g/mol. The van der Waals surface area contributed by atoms with Gasteiger partial charge in [-0.1, -0.05) is 0 Å². The van der Waals surface area contributed by atoms with Crippen LogP contribution in [0.4, 0.5) is 4.79 Å². The number of carbonyl (C=O) groups is 2. The van der Waals surface area contributed by atoms with Gasteiger partial charge in [-0.15, -0.1) is 0 Å². The molecule has 21 heavy (non-hydrogen) atoms. The number of amides is 1. The number of nitrogens with one attached hydrogen (secondary N) is 2. The minimum Gasteiger partial charge on any atom is -0.480 e. The molecule has 6 heteroatoms. The van der Waals surface area contributed by atoms with Crippen molar-refractivity contribution in [2.45, 2.75) is 78.0 Å². The summed E-state index contributed by atoms with van der Waals surface area (Å²) < 4.78 is 5.11. The van der Waals surface area contributed by atoms with Gasteiger partial charge in [-0.2, -0.15) is 0 Å². The number of unbranched alkanes of at least 4 members (excludes halogenated alkanes) is 1. The van der Waals surface area contributed by atoms with Crippen LogP contribution >= 0.6 is 0 Å². The molecule has 0 saturated carbocycles. The van der Waals surface area contributed by atoms with E-state index in [-0.39, 0.29) is 5.54 Å². The molecule has 0 bridgehead atoms. The first kappa shape index (κ1) is 19.7. The molecule has 0 heterocycles. The van der Waals surface area contributed by atoms with Gasteiger partial charge in [0.2, 0.25) is 0 Å². The van der Waals surface area contributed by atoms with E-state index >= 15 is 0 Å². The lowest BCUT2D eigenvalue weighted by molar-refractivity contribution is -0.140. The topological polar surface area (TPSA) is 87.7 Å². The molecule has 0 radical (unpaired) electrons. The molecule has 0 unspecified atom stereocenters. The Morgan fingerprint density at radius 2 is 1.67 bits per heavy atom. The van der Waals surface area contributed by atoms with Crippen molar-refractivity contribution in [1.82, 2.24) is 10.6 Å². The van der Waals surface area contributed by atoms with E-state index < -0.39 is 23.7 Å². The highest BCUT2D eigenvalue weighted by Crippen LogP contribution is 2.08. The molecule has 1 amide bonds. The van der Waals surface area contributed by atoms with E-state index in [0.717, 1.165) is 12.8 Å². The summed E-state index contributed by atoms with van der Waals surface area (Å²) in [7, 11) is 0. The van der Waals surface area contributed by atoms with Gasteiger partial charge >= 0.3 is 12.1 Å². The Kier molecular flexibility index (Phi) is 7.71. The lowest BCUT2D eigenvalue weighted by Crippen LogP contribution is -2.47. The molecule has 0 aromatic heterocycles. The van der Waals surface area contributed by atoms with E-state index in [0.29, 0.717) is 13.0 Å². The second-order valence-electron chi connectivity index (χ2n) is 7.21. The fourth-order valence-electron chi connectivity index (χ4n) is 1.76. The molecular formula is C15H30N2O4. The Bertz CT molecular complexity index is 343. The Balaban J connectivity index is 3.92. The summed E-state index contributed by atoms with van der Waals surface area (Å²) >= 11 is 0.